The van der Waals surface area contributed by atoms with Gasteiger partial charge in [0.25, 0.3) is 0 Å². The minimum absolute atomic E-state index is 0.107. The fraction of sp³-hybridized carbons (Fsp3) is 0.333. The van der Waals surface area contributed by atoms with Crippen LogP contribution in [0.4, 0.5) is 0 Å². The number of ether oxygens (including phenoxy) is 2. The van der Waals surface area contributed by atoms with Crippen LogP contribution in [-0.4, -0.2) is 26.7 Å². The van der Waals surface area contributed by atoms with Crippen LogP contribution in [0.3, 0.4) is 0 Å². The van der Waals surface area contributed by atoms with Gasteiger partial charge >= 0.3 is 0 Å². The van der Waals surface area contributed by atoms with Crippen LogP contribution < -0.4 is 9.47 Å². The molecule has 0 radical (unpaired) electrons. The number of carbonyl (C=O) groups is 1. The third-order valence-electron chi connectivity index (χ3n) is 15.0. The van der Waals surface area contributed by atoms with Crippen molar-refractivity contribution in [3.05, 3.63) is 209 Å². The number of benzene rings is 7. The number of carbonyl (C=O) groups excluding carboxylic acids is 1. The lowest BCUT2D eigenvalue weighted by Crippen LogP contribution is -2.11. The summed E-state index contributed by atoms with van der Waals surface area (Å²) < 4.78 is 15.2. The number of para-hydroxylation sites is 2. The molecule has 12 rings (SSSR count). The fourth-order valence-electron chi connectivity index (χ4n) is 10.2. The molecule has 0 atom stereocenters. The lowest BCUT2D eigenvalue weighted by molar-refractivity contribution is 0.104. The van der Waals surface area contributed by atoms with Gasteiger partial charge in [0.15, 0.2) is 17.3 Å². The molecule has 0 unspecified atom stereocenters. The largest absolute Gasteiger partial charge is 0.454 e. The van der Waals surface area contributed by atoms with E-state index in [0.717, 1.165) is 40.3 Å². The highest BCUT2D eigenvalue weighted by atomic mass is 16.7. The van der Waals surface area contributed by atoms with E-state index in [0.29, 0.717) is 6.79 Å². The summed E-state index contributed by atoms with van der Waals surface area (Å²) in [5.74, 6) is 1.88. The lowest BCUT2D eigenvalue weighted by atomic mass is 9.85. The molecule has 0 N–H and O–H groups in total. The van der Waals surface area contributed by atoms with Gasteiger partial charge in [0, 0.05) is 81.4 Å². The number of aromatic nitrogens is 3. The van der Waals surface area contributed by atoms with E-state index >= 15 is 0 Å². The molecule has 0 saturated carbocycles. The second-order valence-electron chi connectivity index (χ2n) is 26.1. The Bertz CT molecular complexity index is 3760. The Morgan fingerprint density at radius 3 is 1.62 bits per heavy atom. The quantitative estimate of drug-likeness (QED) is 0.164. The van der Waals surface area contributed by atoms with Gasteiger partial charge in [0.05, 0.1) is 0 Å². The van der Waals surface area contributed by atoms with E-state index in [9.17, 15) is 4.79 Å². The summed E-state index contributed by atoms with van der Waals surface area (Å²) in [5, 5.41) is 6.60. The average molecular weight is 1040 g/mol. The number of hydrogen-bond donors (Lipinski definition) is 0. The van der Waals surface area contributed by atoms with Crippen molar-refractivity contribution in [3.8, 4) is 22.6 Å². The number of aryl methyl sites for hydroxylation is 2. The standard InChI is InChI=1S/C18H21N.C17H16O.C13H17N.C13H15N.C11H14O2/c1-5-19-16-9-7-6-8-14(16)15-12-13(18(2,3)4)10-11-17(15)19;1-17(2,3)11-8-9-14-15(10-11)12-6-4-5-7-13(12)16(14)18;1-13(2,3)11-9-14(4)12-8-6-5-7-10(11)12;1-13(2,3)12-5-4-11-9-14-7-6-10(11)8-12;1-11(2,3)8-4-5-9-10(6-8)13-7-12-9/h6-12H,5H2,1-4H3;4-10H,1-3H3;5-9H,1-4H3;4-9H,1-3H3;4-6H,7H2,1-3H3. The zero-order valence-electron chi connectivity index (χ0n) is 49.6. The van der Waals surface area contributed by atoms with Gasteiger partial charge in [-0.25, -0.2) is 0 Å². The first kappa shape index (κ1) is 56.8. The Morgan fingerprint density at radius 2 is 0.962 bits per heavy atom. The molecule has 1 aliphatic carbocycles. The van der Waals surface area contributed by atoms with Gasteiger partial charge in [-0.2, -0.15) is 0 Å². The summed E-state index contributed by atoms with van der Waals surface area (Å²) in [4.78, 5) is 16.4. The predicted molar refractivity (Wildman–Crippen MR) is 331 cm³/mol. The first-order chi connectivity index (χ1) is 36.6. The van der Waals surface area contributed by atoms with Crippen LogP contribution in [0.1, 0.15) is 155 Å². The summed E-state index contributed by atoms with van der Waals surface area (Å²) >= 11 is 0. The van der Waals surface area contributed by atoms with Crippen LogP contribution in [0.15, 0.2) is 170 Å². The minimum Gasteiger partial charge on any atom is -0.454 e. The topological polar surface area (TPSA) is 58.3 Å². The highest BCUT2D eigenvalue weighted by molar-refractivity contribution is 6.21. The van der Waals surface area contributed by atoms with Crippen molar-refractivity contribution in [3.63, 3.8) is 0 Å². The van der Waals surface area contributed by atoms with Gasteiger partial charge in [-0.3, -0.25) is 9.78 Å². The van der Waals surface area contributed by atoms with Gasteiger partial charge in [0.2, 0.25) is 6.79 Å². The highest BCUT2D eigenvalue weighted by Crippen LogP contribution is 2.40. The second-order valence-corrected chi connectivity index (χ2v) is 26.1. The van der Waals surface area contributed by atoms with Gasteiger partial charge in [0.1, 0.15) is 0 Å². The van der Waals surface area contributed by atoms with Crippen molar-refractivity contribution in [1.29, 1.82) is 0 Å². The smallest absolute Gasteiger partial charge is 0.231 e. The third-order valence-corrected chi connectivity index (χ3v) is 15.0. The van der Waals surface area contributed by atoms with Crippen LogP contribution in [0, 0.1) is 0 Å². The van der Waals surface area contributed by atoms with E-state index in [-0.39, 0.29) is 32.9 Å². The average Bonchev–Trinajstić information content (AvgIpc) is 4.20. The fourth-order valence-corrected chi connectivity index (χ4v) is 10.2. The van der Waals surface area contributed by atoms with Gasteiger partial charge < -0.3 is 18.6 Å². The maximum absolute atomic E-state index is 12.2. The monoisotopic (exact) mass is 1040 g/mol. The molecule has 0 amide bonds. The predicted octanol–water partition coefficient (Wildman–Crippen LogP) is 19.0. The molecule has 2 aliphatic rings. The molecule has 0 fully saturated rings. The first-order valence-electron chi connectivity index (χ1n) is 27.7. The molecule has 0 bridgehead atoms. The third kappa shape index (κ3) is 12.4. The number of nitrogens with zero attached hydrogens (tertiary/aromatic N) is 3. The van der Waals surface area contributed by atoms with Crippen LogP contribution in [0.2, 0.25) is 0 Å². The van der Waals surface area contributed by atoms with E-state index < -0.39 is 0 Å². The zero-order chi connectivity index (χ0) is 56.5. The minimum atomic E-state index is 0.107. The molecule has 6 nitrogen and oxygen atoms in total. The Balaban J connectivity index is 0.000000130. The van der Waals surface area contributed by atoms with Gasteiger partial charge in [-0.05, 0) is 127 Å². The van der Waals surface area contributed by atoms with E-state index in [1.165, 1.54) is 71.3 Å². The van der Waals surface area contributed by atoms with E-state index in [1.54, 1.807) is 0 Å². The molecular weight excluding hydrogens is 955 g/mol. The maximum atomic E-state index is 12.2. The van der Waals surface area contributed by atoms with E-state index in [4.69, 9.17) is 9.47 Å². The van der Waals surface area contributed by atoms with Crippen molar-refractivity contribution in [2.24, 2.45) is 7.05 Å². The second kappa shape index (κ2) is 22.1. The molecular formula is C72H83N3O3. The summed E-state index contributed by atoms with van der Waals surface area (Å²) in [5.41, 5.74) is 15.5. The SMILES string of the molecule is CC(C)(C)c1ccc2c(c1)-c1ccccc1C2=O.CC(C)(C)c1ccc2c(c1)OCO2.CC(C)(C)c1ccc2cnccc2c1.CCn1c2ccccc2c2cc(C(C)(C)C)ccc21.Cn1cc(C(C)(C)C)c2ccccc21. The van der Waals surface area contributed by atoms with Gasteiger partial charge in [-0.15, -0.1) is 0 Å². The Labute approximate surface area is 465 Å². The molecule has 3 aromatic heterocycles. The number of fused-ring (bicyclic) bond motifs is 9. The normalized spacial score (nSPS) is 12.9. The molecule has 404 valence electrons. The van der Waals surface area contributed by atoms with E-state index in [1.807, 2.05) is 48.8 Å². The Morgan fingerprint density at radius 1 is 0.449 bits per heavy atom. The summed E-state index contributed by atoms with van der Waals surface area (Å²) in [6.45, 7) is 37.0. The molecule has 4 heterocycles. The van der Waals surface area contributed by atoms with Crippen molar-refractivity contribution in [2.45, 2.75) is 144 Å². The maximum Gasteiger partial charge on any atom is 0.231 e. The lowest BCUT2D eigenvalue weighted by Gasteiger charge is -2.19. The number of pyridine rings is 1. The van der Waals surface area contributed by atoms with E-state index in [2.05, 4.69) is 253 Å². The van der Waals surface area contributed by atoms with Crippen molar-refractivity contribution in [1.82, 2.24) is 14.1 Å². The van der Waals surface area contributed by atoms with Crippen LogP contribution >= 0.6 is 0 Å². The number of rotatable bonds is 1. The highest BCUT2D eigenvalue weighted by Gasteiger charge is 2.28. The molecule has 7 aromatic carbocycles. The summed E-state index contributed by atoms with van der Waals surface area (Å²) in [7, 11) is 2.11. The van der Waals surface area contributed by atoms with Crippen molar-refractivity contribution < 1.29 is 14.3 Å². The van der Waals surface area contributed by atoms with Crippen molar-refractivity contribution in [2.75, 3.05) is 6.79 Å². The Kier molecular flexibility index (Phi) is 16.1. The summed E-state index contributed by atoms with van der Waals surface area (Å²) in [6.07, 6.45) is 5.99. The first-order valence-corrected chi connectivity index (χ1v) is 27.7. The molecule has 1 aliphatic heterocycles. The molecule has 0 spiro atoms. The van der Waals surface area contributed by atoms with Crippen LogP contribution in [0.5, 0.6) is 11.5 Å². The van der Waals surface area contributed by atoms with Crippen LogP contribution in [0.25, 0.3) is 54.6 Å². The number of hydrogen-bond acceptors (Lipinski definition) is 4. The molecule has 0 saturated heterocycles. The summed E-state index contributed by atoms with van der Waals surface area (Å²) in [6, 6.07) is 53.0. The molecule has 10 aromatic rings. The molecule has 78 heavy (non-hydrogen) atoms. The van der Waals surface area contributed by atoms with Crippen molar-refractivity contribution >= 4 is 49.3 Å². The zero-order valence-corrected chi connectivity index (χ0v) is 49.6. The van der Waals surface area contributed by atoms with Gasteiger partial charge in [-0.1, -0.05) is 207 Å². The Hall–Kier alpha value is -7.44. The number of ketones is 1. The van der Waals surface area contributed by atoms with Crippen LogP contribution in [-0.2, 0) is 40.7 Å². The molecule has 6 heteroatoms.